The van der Waals surface area contributed by atoms with Crippen LogP contribution in [0.3, 0.4) is 0 Å². The summed E-state index contributed by atoms with van der Waals surface area (Å²) >= 11 is 14.9. The molecule has 0 fully saturated rings. The van der Waals surface area contributed by atoms with Gasteiger partial charge in [-0.1, -0.05) is 138 Å². The molecule has 0 amide bonds. The van der Waals surface area contributed by atoms with E-state index in [0.717, 1.165) is 19.5 Å². The number of hydrogen-bond donors (Lipinski definition) is 0. The summed E-state index contributed by atoms with van der Waals surface area (Å²) in [7, 11) is 0. The van der Waals surface area contributed by atoms with Crippen LogP contribution in [0.5, 0.6) is 0 Å². The van der Waals surface area contributed by atoms with Crippen LogP contribution in [0.1, 0.15) is 11.1 Å². The number of thiocarbonyl (C=S) groups is 2. The maximum atomic E-state index is 5.69. The average Bonchev–Trinajstić information content (AvgIpc) is 2.69. The van der Waals surface area contributed by atoms with Crippen LogP contribution >= 0.6 is 53.5 Å². The van der Waals surface area contributed by atoms with Gasteiger partial charge in [0, 0.05) is 0 Å². The average molecular weight is 415 g/mol. The van der Waals surface area contributed by atoms with E-state index in [4.69, 9.17) is 24.4 Å². The molecule has 0 aromatic heterocycles. The molecule has 3 rings (SSSR count). The fourth-order valence-corrected chi connectivity index (χ4v) is 10.7. The minimum Gasteiger partial charge on any atom is -0.0715 e. The van der Waals surface area contributed by atoms with Gasteiger partial charge in [-0.2, -0.15) is 0 Å². The SMILES string of the molecule is S=C(SP(SC(=S)c1ccccc1)c1ccccc1)c1ccccc1. The largest absolute Gasteiger partial charge is 0.0831 e. The van der Waals surface area contributed by atoms with Crippen molar-refractivity contribution in [3.05, 3.63) is 102 Å². The molecule has 0 heterocycles. The molecule has 25 heavy (non-hydrogen) atoms. The summed E-state index contributed by atoms with van der Waals surface area (Å²) in [4.78, 5) is 0. The molecule has 3 aromatic carbocycles. The van der Waals surface area contributed by atoms with Gasteiger partial charge in [-0.3, -0.25) is 0 Å². The molecule has 0 nitrogen and oxygen atoms in total. The summed E-state index contributed by atoms with van der Waals surface area (Å²) in [6.07, 6.45) is -0.631. The summed E-state index contributed by atoms with van der Waals surface area (Å²) in [6, 6.07) is 30.9. The highest BCUT2D eigenvalue weighted by molar-refractivity contribution is 8.97. The van der Waals surface area contributed by atoms with E-state index in [1.807, 2.05) is 42.5 Å². The summed E-state index contributed by atoms with van der Waals surface area (Å²) in [6.45, 7) is 0. The first-order chi connectivity index (χ1) is 12.2. The molecule has 0 saturated heterocycles. The van der Waals surface area contributed by atoms with Crippen LogP contribution in [0.25, 0.3) is 0 Å². The Morgan fingerprint density at radius 2 is 0.920 bits per heavy atom. The van der Waals surface area contributed by atoms with Gasteiger partial charge in [0.1, 0.15) is 0 Å². The van der Waals surface area contributed by atoms with E-state index in [9.17, 15) is 0 Å². The third-order valence-electron chi connectivity index (χ3n) is 3.32. The molecule has 0 atom stereocenters. The molecular weight excluding hydrogens is 399 g/mol. The van der Waals surface area contributed by atoms with Crippen LogP contribution in [-0.2, 0) is 0 Å². The number of hydrogen-bond acceptors (Lipinski definition) is 4. The molecule has 5 heteroatoms. The fourth-order valence-electron chi connectivity index (χ4n) is 2.08. The van der Waals surface area contributed by atoms with E-state index in [0.29, 0.717) is 0 Å². The molecule has 0 N–H and O–H groups in total. The third-order valence-corrected chi connectivity index (χ3v) is 11.6. The van der Waals surface area contributed by atoms with Crippen LogP contribution < -0.4 is 5.30 Å². The lowest BCUT2D eigenvalue weighted by atomic mass is 10.2. The van der Waals surface area contributed by atoms with Crippen LogP contribution in [0.2, 0.25) is 0 Å². The zero-order chi connectivity index (χ0) is 17.5. The van der Waals surface area contributed by atoms with Crippen molar-refractivity contribution in [3.63, 3.8) is 0 Å². The van der Waals surface area contributed by atoms with Crippen molar-refractivity contribution in [2.75, 3.05) is 0 Å². The van der Waals surface area contributed by atoms with Crippen LogP contribution in [0.15, 0.2) is 91.0 Å². The predicted molar refractivity (Wildman–Crippen MR) is 124 cm³/mol. The highest BCUT2D eigenvalue weighted by atomic mass is 33.1. The molecule has 0 spiro atoms. The van der Waals surface area contributed by atoms with Gasteiger partial charge in [-0.05, 0) is 16.4 Å². The monoisotopic (exact) mass is 414 g/mol. The van der Waals surface area contributed by atoms with Gasteiger partial charge in [0.05, 0.1) is 14.7 Å². The van der Waals surface area contributed by atoms with Gasteiger partial charge in [0.2, 0.25) is 0 Å². The molecule has 0 aliphatic heterocycles. The Balaban J connectivity index is 1.81. The topological polar surface area (TPSA) is 0 Å². The standard InChI is InChI=1S/C20H15PS4/c22-19(16-10-4-1-5-11-16)24-21(18-14-8-3-9-15-18)25-20(23)17-12-6-2-7-13-17/h1-15H. The Hall–Kier alpha value is -1.03. The van der Waals surface area contributed by atoms with Crippen molar-refractivity contribution in [1.82, 2.24) is 0 Å². The smallest absolute Gasteiger partial charge is 0.0715 e. The predicted octanol–water partition coefficient (Wildman–Crippen LogP) is 6.84. The van der Waals surface area contributed by atoms with Gasteiger partial charge < -0.3 is 0 Å². The van der Waals surface area contributed by atoms with E-state index in [2.05, 4.69) is 48.5 Å². The molecular formula is C20H15PS4. The van der Waals surface area contributed by atoms with Crippen molar-refractivity contribution in [1.29, 1.82) is 0 Å². The third kappa shape index (κ3) is 5.47. The normalized spacial score (nSPS) is 10.6. The molecule has 0 aliphatic rings. The van der Waals surface area contributed by atoms with Gasteiger partial charge in [0.25, 0.3) is 0 Å². The highest BCUT2D eigenvalue weighted by Gasteiger charge is 2.19. The first-order valence-corrected chi connectivity index (χ1v) is 12.6. The summed E-state index contributed by atoms with van der Waals surface area (Å²) in [5.41, 5.74) is 2.19. The Morgan fingerprint density at radius 1 is 0.560 bits per heavy atom. The quantitative estimate of drug-likeness (QED) is 0.331. The van der Waals surface area contributed by atoms with E-state index in [1.165, 1.54) is 5.30 Å². The highest BCUT2D eigenvalue weighted by Crippen LogP contribution is 2.62. The lowest BCUT2D eigenvalue weighted by molar-refractivity contribution is 1.69. The first kappa shape index (κ1) is 18.8. The number of benzene rings is 3. The molecule has 0 radical (unpaired) electrons. The first-order valence-electron chi connectivity index (χ1n) is 7.64. The van der Waals surface area contributed by atoms with Crippen LogP contribution in [-0.4, -0.2) is 8.39 Å². The number of rotatable bonds is 5. The van der Waals surface area contributed by atoms with Gasteiger partial charge in [-0.15, -0.1) is 0 Å². The van der Waals surface area contributed by atoms with Crippen molar-refractivity contribution in [2.45, 2.75) is 0 Å². The van der Waals surface area contributed by atoms with E-state index in [-0.39, 0.29) is 0 Å². The Kier molecular flexibility index (Phi) is 7.21. The van der Waals surface area contributed by atoms with Gasteiger partial charge in [-0.25, -0.2) is 0 Å². The Bertz CT molecular complexity index is 782. The zero-order valence-corrected chi connectivity index (χ0v) is 17.4. The molecule has 124 valence electrons. The Labute approximate surface area is 168 Å². The van der Waals surface area contributed by atoms with E-state index >= 15 is 0 Å². The van der Waals surface area contributed by atoms with Crippen LogP contribution in [0.4, 0.5) is 0 Å². The van der Waals surface area contributed by atoms with E-state index in [1.54, 1.807) is 22.8 Å². The Morgan fingerprint density at radius 3 is 1.32 bits per heavy atom. The van der Waals surface area contributed by atoms with E-state index < -0.39 is 6.33 Å². The second kappa shape index (κ2) is 9.61. The fraction of sp³-hybridized carbons (Fsp3) is 0. The minimum absolute atomic E-state index is 0.631. The van der Waals surface area contributed by atoms with Gasteiger partial charge in [0.15, 0.2) is 0 Å². The molecule has 3 aromatic rings. The maximum absolute atomic E-state index is 5.69. The van der Waals surface area contributed by atoms with Gasteiger partial charge >= 0.3 is 0 Å². The van der Waals surface area contributed by atoms with Crippen molar-refractivity contribution in [2.24, 2.45) is 0 Å². The summed E-state index contributed by atoms with van der Waals surface area (Å²) in [5, 5.41) is 1.28. The molecule has 0 unspecified atom stereocenters. The second-order valence-corrected chi connectivity index (χ2v) is 12.6. The van der Waals surface area contributed by atoms with Crippen molar-refractivity contribution < 1.29 is 0 Å². The molecule has 0 aliphatic carbocycles. The van der Waals surface area contributed by atoms with Crippen molar-refractivity contribution >= 4 is 67.2 Å². The molecule has 0 bridgehead atoms. The molecule has 0 saturated carbocycles. The summed E-state index contributed by atoms with van der Waals surface area (Å²) in [5.74, 6) is 0. The lowest BCUT2D eigenvalue weighted by Gasteiger charge is -2.17. The second-order valence-electron chi connectivity index (χ2n) is 5.08. The van der Waals surface area contributed by atoms with Crippen LogP contribution in [0, 0.1) is 0 Å². The maximum Gasteiger partial charge on any atom is 0.0831 e. The lowest BCUT2D eigenvalue weighted by Crippen LogP contribution is -2.00. The zero-order valence-electron chi connectivity index (χ0n) is 13.2. The summed E-state index contributed by atoms with van der Waals surface area (Å²) < 4.78 is 1.83. The van der Waals surface area contributed by atoms with Crippen molar-refractivity contribution in [3.8, 4) is 0 Å². The minimum atomic E-state index is -0.631.